The summed E-state index contributed by atoms with van der Waals surface area (Å²) in [5.41, 5.74) is 0. The number of alkyl halides is 2. The van der Waals surface area contributed by atoms with Gasteiger partial charge in [-0.15, -0.1) is 0 Å². The van der Waals surface area contributed by atoms with Gasteiger partial charge in [0.1, 0.15) is 6.29 Å². The van der Waals surface area contributed by atoms with Crippen molar-refractivity contribution in [3.05, 3.63) is 43.1 Å². The first-order valence-corrected chi connectivity index (χ1v) is 11.0. The third-order valence-corrected chi connectivity index (χ3v) is 6.38. The van der Waals surface area contributed by atoms with Crippen LogP contribution in [0, 0.1) is 5.92 Å². The molecule has 1 aromatic carbocycles. The molecule has 0 aliphatic carbocycles. The molecular formula is C22H26F2N4O3S. The topological polar surface area (TPSA) is 66.0 Å². The van der Waals surface area contributed by atoms with Crippen LogP contribution in [0.15, 0.2) is 48.0 Å². The Bertz CT molecular complexity index is 948. The van der Waals surface area contributed by atoms with E-state index in [1.165, 1.54) is 12.3 Å². The van der Waals surface area contributed by atoms with E-state index in [0.717, 1.165) is 42.7 Å². The molecule has 0 radical (unpaired) electrons. The van der Waals surface area contributed by atoms with Gasteiger partial charge in [-0.3, -0.25) is 4.79 Å². The second-order valence-electron chi connectivity index (χ2n) is 7.51. The zero-order valence-electron chi connectivity index (χ0n) is 17.8. The Morgan fingerprint density at radius 2 is 1.94 bits per heavy atom. The largest absolute Gasteiger partial charge is 0.416 e. The Morgan fingerprint density at radius 1 is 1.22 bits per heavy atom. The predicted molar refractivity (Wildman–Crippen MR) is 120 cm³/mol. The van der Waals surface area contributed by atoms with Gasteiger partial charge in [-0.25, -0.2) is 9.29 Å². The summed E-state index contributed by atoms with van der Waals surface area (Å²) in [5, 5.41) is 1.50. The summed E-state index contributed by atoms with van der Waals surface area (Å²) in [6.45, 7) is 5.60. The Labute approximate surface area is 190 Å². The third kappa shape index (κ3) is 6.24. The van der Waals surface area contributed by atoms with Gasteiger partial charge in [-0.05, 0) is 43.3 Å². The van der Waals surface area contributed by atoms with Crippen LogP contribution >= 0.6 is 11.9 Å². The Kier molecular flexibility index (Phi) is 8.54. The molecule has 2 aliphatic rings. The normalized spacial score (nSPS) is 17.4. The average molecular weight is 465 g/mol. The van der Waals surface area contributed by atoms with Crippen LogP contribution in [0.3, 0.4) is 0 Å². The van der Waals surface area contributed by atoms with E-state index in [9.17, 15) is 18.4 Å². The van der Waals surface area contributed by atoms with Gasteiger partial charge in [0.15, 0.2) is 0 Å². The predicted octanol–water partition coefficient (Wildman–Crippen LogP) is 2.92. The number of carbonyl (C=O) groups is 2. The van der Waals surface area contributed by atoms with Crippen molar-refractivity contribution in [2.75, 3.05) is 46.3 Å². The number of fused-ring (bicyclic) bond motifs is 1. The quantitative estimate of drug-likeness (QED) is 0.370. The molecule has 7 nitrogen and oxygen atoms in total. The highest BCUT2D eigenvalue weighted by Gasteiger charge is 2.28. The number of rotatable bonds is 6. The number of ether oxygens (including phenoxy) is 1. The van der Waals surface area contributed by atoms with Gasteiger partial charge >= 0.3 is 6.61 Å². The van der Waals surface area contributed by atoms with Crippen LogP contribution in [0.25, 0.3) is 10.8 Å². The number of halogens is 2. The summed E-state index contributed by atoms with van der Waals surface area (Å²) >= 11 is 1.66. The third-order valence-electron chi connectivity index (χ3n) is 5.21. The van der Waals surface area contributed by atoms with Crippen LogP contribution in [0.4, 0.5) is 8.78 Å². The molecule has 3 heterocycles. The minimum Gasteiger partial charge on any atom is -0.416 e. The SMILES string of the molecule is C=CC(=O)N1CC(C=O)C1.CN1CCN(Sc2cccc3c(OC(F)F)nccc23)CC1. The van der Waals surface area contributed by atoms with Crippen molar-refractivity contribution >= 4 is 34.9 Å². The molecule has 2 aliphatic heterocycles. The number of carbonyl (C=O) groups excluding carboxylic acids is 2. The molecule has 0 atom stereocenters. The Balaban J connectivity index is 0.000000243. The fourth-order valence-corrected chi connectivity index (χ4v) is 4.38. The Hall–Kier alpha value is -2.56. The smallest absolute Gasteiger partial charge is 0.388 e. The lowest BCUT2D eigenvalue weighted by Gasteiger charge is -2.35. The monoisotopic (exact) mass is 464 g/mol. The first-order valence-electron chi connectivity index (χ1n) is 10.2. The molecule has 2 fully saturated rings. The van der Waals surface area contributed by atoms with Crippen LogP contribution in [-0.2, 0) is 9.59 Å². The number of amides is 1. The number of nitrogens with zero attached hydrogens (tertiary/aromatic N) is 4. The summed E-state index contributed by atoms with van der Waals surface area (Å²) < 4.78 is 31.8. The number of piperazine rings is 1. The molecule has 172 valence electrons. The Morgan fingerprint density at radius 3 is 2.56 bits per heavy atom. The fraction of sp³-hybridized carbons (Fsp3) is 0.409. The molecule has 4 rings (SSSR count). The standard InChI is InChI=1S/C15H17F2N3OS.C7H9NO2/c1-19-7-9-20(10-8-19)22-13-4-2-3-12-11(13)5-6-18-14(12)21-15(16)17;1-2-7(10)8-3-6(4-8)5-9/h2-6,15H,7-10H2,1H3;2,5-6H,1,3-4H2. The van der Waals surface area contributed by atoms with Crippen LogP contribution in [0.1, 0.15) is 0 Å². The van der Waals surface area contributed by atoms with Crippen molar-refractivity contribution in [3.63, 3.8) is 0 Å². The van der Waals surface area contributed by atoms with Crippen molar-refractivity contribution in [3.8, 4) is 5.88 Å². The minimum absolute atomic E-state index is 0.0201. The fourth-order valence-electron chi connectivity index (χ4n) is 3.34. The summed E-state index contributed by atoms with van der Waals surface area (Å²) in [6, 6.07) is 7.44. The molecule has 0 spiro atoms. The molecule has 2 saturated heterocycles. The van der Waals surface area contributed by atoms with Crippen molar-refractivity contribution in [2.24, 2.45) is 5.92 Å². The molecular weight excluding hydrogens is 438 g/mol. The summed E-state index contributed by atoms with van der Waals surface area (Å²) in [5.74, 6) is -0.0460. The van der Waals surface area contributed by atoms with E-state index >= 15 is 0 Å². The number of likely N-dealkylation sites (N-methyl/N-ethyl adjacent to an activating group) is 1. The molecule has 0 bridgehead atoms. The first-order chi connectivity index (χ1) is 15.4. The summed E-state index contributed by atoms with van der Waals surface area (Å²) in [6.07, 6.45) is 3.65. The maximum atomic E-state index is 12.5. The van der Waals surface area contributed by atoms with Gasteiger partial charge in [0.2, 0.25) is 11.8 Å². The molecule has 10 heteroatoms. The maximum absolute atomic E-state index is 12.5. The van der Waals surface area contributed by atoms with Gasteiger partial charge in [0.05, 0.1) is 0 Å². The number of aldehydes is 1. The van der Waals surface area contributed by atoms with E-state index in [-0.39, 0.29) is 17.7 Å². The van der Waals surface area contributed by atoms with Crippen molar-refractivity contribution in [1.82, 2.24) is 19.1 Å². The zero-order valence-corrected chi connectivity index (χ0v) is 18.6. The van der Waals surface area contributed by atoms with E-state index < -0.39 is 6.61 Å². The van der Waals surface area contributed by atoms with E-state index in [0.29, 0.717) is 18.5 Å². The number of hydrogen-bond donors (Lipinski definition) is 0. The second-order valence-corrected chi connectivity index (χ2v) is 8.65. The van der Waals surface area contributed by atoms with Crippen molar-refractivity contribution in [2.45, 2.75) is 11.5 Å². The summed E-state index contributed by atoms with van der Waals surface area (Å²) in [7, 11) is 2.11. The van der Waals surface area contributed by atoms with Gasteiger partial charge < -0.3 is 19.3 Å². The average Bonchev–Trinajstić information content (AvgIpc) is 2.75. The van der Waals surface area contributed by atoms with Crippen LogP contribution in [0.2, 0.25) is 0 Å². The molecule has 0 N–H and O–H groups in total. The number of likely N-dealkylation sites (tertiary alicyclic amines) is 1. The molecule has 32 heavy (non-hydrogen) atoms. The highest BCUT2D eigenvalue weighted by Crippen LogP contribution is 2.34. The number of aromatic nitrogens is 1. The van der Waals surface area contributed by atoms with Crippen molar-refractivity contribution < 1.29 is 23.1 Å². The molecule has 2 aromatic rings. The van der Waals surface area contributed by atoms with E-state index in [4.69, 9.17) is 0 Å². The lowest BCUT2D eigenvalue weighted by atomic mass is 10.0. The number of hydrogen-bond acceptors (Lipinski definition) is 7. The highest BCUT2D eigenvalue weighted by atomic mass is 32.2. The zero-order chi connectivity index (χ0) is 23.1. The van der Waals surface area contributed by atoms with E-state index in [1.807, 2.05) is 18.2 Å². The first kappa shape index (κ1) is 24.1. The van der Waals surface area contributed by atoms with Gasteiger partial charge in [0, 0.05) is 67.1 Å². The van der Waals surface area contributed by atoms with Crippen molar-refractivity contribution in [1.29, 1.82) is 0 Å². The van der Waals surface area contributed by atoms with E-state index in [1.54, 1.807) is 22.9 Å². The van der Waals surface area contributed by atoms with Crippen LogP contribution in [0.5, 0.6) is 5.88 Å². The molecule has 0 saturated carbocycles. The van der Waals surface area contributed by atoms with E-state index in [2.05, 4.69) is 32.6 Å². The second kappa shape index (κ2) is 11.3. The molecule has 1 aromatic heterocycles. The highest BCUT2D eigenvalue weighted by molar-refractivity contribution is 7.97. The lowest BCUT2D eigenvalue weighted by Crippen LogP contribution is -2.49. The van der Waals surface area contributed by atoms with Gasteiger partial charge in [0.25, 0.3) is 0 Å². The van der Waals surface area contributed by atoms with Gasteiger partial charge in [-0.1, -0.05) is 12.6 Å². The lowest BCUT2D eigenvalue weighted by molar-refractivity contribution is -0.134. The molecule has 1 amide bonds. The number of benzene rings is 1. The van der Waals surface area contributed by atoms with Crippen LogP contribution in [-0.4, -0.2) is 84.2 Å². The van der Waals surface area contributed by atoms with Gasteiger partial charge in [-0.2, -0.15) is 8.78 Å². The van der Waals surface area contributed by atoms with Crippen LogP contribution < -0.4 is 4.74 Å². The molecule has 0 unspecified atom stereocenters. The summed E-state index contributed by atoms with van der Waals surface area (Å²) in [4.78, 5) is 29.7. The minimum atomic E-state index is -2.87. The number of pyridine rings is 1. The maximum Gasteiger partial charge on any atom is 0.388 e.